The van der Waals surface area contributed by atoms with Crippen LogP contribution in [0.25, 0.3) is 0 Å². The van der Waals surface area contributed by atoms with Crippen molar-refractivity contribution in [1.82, 2.24) is 0 Å². The van der Waals surface area contributed by atoms with Crippen molar-refractivity contribution in [2.24, 2.45) is 5.41 Å². The molecule has 0 aliphatic carbocycles. The summed E-state index contributed by atoms with van der Waals surface area (Å²) in [4.78, 5) is 11.5. The highest BCUT2D eigenvalue weighted by molar-refractivity contribution is 5.72. The summed E-state index contributed by atoms with van der Waals surface area (Å²) in [7, 11) is 0. The predicted octanol–water partition coefficient (Wildman–Crippen LogP) is 3.81. The van der Waals surface area contributed by atoms with Crippen LogP contribution < -0.4 is 4.74 Å². The average Bonchev–Trinajstić information content (AvgIpc) is 2.17. The molecule has 0 bridgehead atoms. The number of carbonyl (C=O) groups excluding carboxylic acids is 1. The maximum absolute atomic E-state index is 11.5. The van der Waals surface area contributed by atoms with Gasteiger partial charge in [-0.25, -0.2) is 0 Å². The van der Waals surface area contributed by atoms with E-state index in [1.807, 2.05) is 18.2 Å². The standard InChI is InChI=1S/C14H20O2/c1-14(2,3)11-7-10-13(15)16-12-8-5-4-6-9-12/h4-6,8-9H,7,10-11H2,1-3H3. The lowest BCUT2D eigenvalue weighted by atomic mass is 9.90. The first-order chi connectivity index (χ1) is 7.47. The van der Waals surface area contributed by atoms with Crippen LogP contribution >= 0.6 is 0 Å². The lowest BCUT2D eigenvalue weighted by Crippen LogP contribution is -2.10. The summed E-state index contributed by atoms with van der Waals surface area (Å²) < 4.78 is 5.19. The molecule has 0 unspecified atom stereocenters. The van der Waals surface area contributed by atoms with Gasteiger partial charge >= 0.3 is 5.97 Å². The molecular formula is C14H20O2. The molecule has 0 fully saturated rings. The Bertz CT molecular complexity index is 322. The first kappa shape index (κ1) is 12.8. The fourth-order valence-corrected chi connectivity index (χ4v) is 1.43. The van der Waals surface area contributed by atoms with Crippen molar-refractivity contribution in [3.63, 3.8) is 0 Å². The van der Waals surface area contributed by atoms with Crippen molar-refractivity contribution in [1.29, 1.82) is 0 Å². The van der Waals surface area contributed by atoms with Gasteiger partial charge in [-0.15, -0.1) is 0 Å². The van der Waals surface area contributed by atoms with Gasteiger partial charge in [0.05, 0.1) is 0 Å². The topological polar surface area (TPSA) is 26.3 Å². The second-order valence-electron chi connectivity index (χ2n) is 5.20. The number of rotatable bonds is 4. The van der Waals surface area contributed by atoms with Crippen LogP contribution in [0.3, 0.4) is 0 Å². The van der Waals surface area contributed by atoms with Gasteiger partial charge in [-0.3, -0.25) is 4.79 Å². The summed E-state index contributed by atoms with van der Waals surface area (Å²) in [5.74, 6) is 0.485. The largest absolute Gasteiger partial charge is 0.427 e. The number of para-hydroxylation sites is 1. The Balaban J connectivity index is 2.27. The third kappa shape index (κ3) is 5.54. The van der Waals surface area contributed by atoms with Gasteiger partial charge in [0, 0.05) is 6.42 Å². The zero-order valence-electron chi connectivity index (χ0n) is 10.3. The minimum Gasteiger partial charge on any atom is -0.427 e. The van der Waals surface area contributed by atoms with Crippen LogP contribution in [0, 0.1) is 5.41 Å². The molecule has 0 N–H and O–H groups in total. The van der Waals surface area contributed by atoms with Gasteiger partial charge in [-0.2, -0.15) is 0 Å². The zero-order chi connectivity index (χ0) is 12.0. The number of ether oxygens (including phenoxy) is 1. The van der Waals surface area contributed by atoms with E-state index in [-0.39, 0.29) is 11.4 Å². The number of carbonyl (C=O) groups is 1. The average molecular weight is 220 g/mol. The van der Waals surface area contributed by atoms with E-state index >= 15 is 0 Å². The molecule has 1 rings (SSSR count). The van der Waals surface area contributed by atoms with E-state index in [1.54, 1.807) is 12.1 Å². The van der Waals surface area contributed by atoms with Crippen molar-refractivity contribution < 1.29 is 9.53 Å². The smallest absolute Gasteiger partial charge is 0.311 e. The summed E-state index contributed by atoms with van der Waals surface area (Å²) in [6.07, 6.45) is 2.41. The van der Waals surface area contributed by atoms with Gasteiger partial charge in [0.15, 0.2) is 0 Å². The molecule has 88 valence electrons. The Morgan fingerprint density at radius 2 is 1.81 bits per heavy atom. The highest BCUT2D eigenvalue weighted by atomic mass is 16.5. The molecular weight excluding hydrogens is 200 g/mol. The highest BCUT2D eigenvalue weighted by Crippen LogP contribution is 2.21. The molecule has 0 spiro atoms. The summed E-state index contributed by atoms with van der Waals surface area (Å²) in [5.41, 5.74) is 0.285. The Morgan fingerprint density at radius 3 is 2.38 bits per heavy atom. The van der Waals surface area contributed by atoms with Crippen LogP contribution in [0.15, 0.2) is 30.3 Å². The van der Waals surface area contributed by atoms with E-state index in [4.69, 9.17) is 4.74 Å². The van der Waals surface area contributed by atoms with E-state index in [1.165, 1.54) is 0 Å². The molecule has 0 saturated carbocycles. The first-order valence-corrected chi connectivity index (χ1v) is 5.73. The van der Waals surface area contributed by atoms with Crippen LogP contribution in [-0.2, 0) is 4.79 Å². The summed E-state index contributed by atoms with van der Waals surface area (Å²) >= 11 is 0. The zero-order valence-corrected chi connectivity index (χ0v) is 10.3. The van der Waals surface area contributed by atoms with Gasteiger partial charge in [-0.1, -0.05) is 39.0 Å². The van der Waals surface area contributed by atoms with E-state index < -0.39 is 0 Å². The Labute approximate surface area is 97.6 Å². The highest BCUT2D eigenvalue weighted by Gasteiger charge is 2.11. The van der Waals surface area contributed by atoms with Crippen LogP contribution in [-0.4, -0.2) is 5.97 Å². The van der Waals surface area contributed by atoms with Crippen LogP contribution in [0.4, 0.5) is 0 Å². The van der Waals surface area contributed by atoms with Crippen molar-refractivity contribution >= 4 is 5.97 Å². The maximum atomic E-state index is 11.5. The monoisotopic (exact) mass is 220 g/mol. The molecule has 0 aliphatic heterocycles. The Morgan fingerprint density at radius 1 is 1.19 bits per heavy atom. The Hall–Kier alpha value is -1.31. The molecule has 16 heavy (non-hydrogen) atoms. The second-order valence-corrected chi connectivity index (χ2v) is 5.20. The fourth-order valence-electron chi connectivity index (χ4n) is 1.43. The number of esters is 1. The van der Waals surface area contributed by atoms with Crippen LogP contribution in [0.5, 0.6) is 5.75 Å². The van der Waals surface area contributed by atoms with E-state index in [9.17, 15) is 4.79 Å². The van der Waals surface area contributed by atoms with Gasteiger partial charge < -0.3 is 4.74 Å². The summed E-state index contributed by atoms with van der Waals surface area (Å²) in [6, 6.07) is 9.20. The van der Waals surface area contributed by atoms with E-state index in [0.717, 1.165) is 12.8 Å². The van der Waals surface area contributed by atoms with Gasteiger partial charge in [0.2, 0.25) is 0 Å². The minimum absolute atomic E-state index is 0.143. The van der Waals surface area contributed by atoms with Gasteiger partial charge in [0.25, 0.3) is 0 Å². The predicted molar refractivity (Wildman–Crippen MR) is 65.4 cm³/mol. The molecule has 0 aliphatic rings. The van der Waals surface area contributed by atoms with E-state index in [2.05, 4.69) is 20.8 Å². The Kier molecular flexibility index (Phi) is 4.53. The van der Waals surface area contributed by atoms with Crippen molar-refractivity contribution in [3.05, 3.63) is 30.3 Å². The lowest BCUT2D eigenvalue weighted by Gasteiger charge is -2.17. The van der Waals surface area contributed by atoms with Crippen LogP contribution in [0.1, 0.15) is 40.0 Å². The molecule has 0 heterocycles. The van der Waals surface area contributed by atoms with Gasteiger partial charge in [-0.05, 0) is 30.4 Å². The SMILES string of the molecule is CC(C)(C)CCCC(=O)Oc1ccccc1. The van der Waals surface area contributed by atoms with Crippen molar-refractivity contribution in [3.8, 4) is 5.75 Å². The number of benzene rings is 1. The van der Waals surface area contributed by atoms with Crippen molar-refractivity contribution in [2.45, 2.75) is 40.0 Å². The molecule has 1 aromatic carbocycles. The van der Waals surface area contributed by atoms with Gasteiger partial charge in [0.1, 0.15) is 5.75 Å². The minimum atomic E-state index is -0.143. The van der Waals surface area contributed by atoms with E-state index in [0.29, 0.717) is 12.2 Å². The molecule has 0 amide bonds. The first-order valence-electron chi connectivity index (χ1n) is 5.73. The maximum Gasteiger partial charge on any atom is 0.311 e. The lowest BCUT2D eigenvalue weighted by molar-refractivity contribution is -0.134. The third-order valence-corrected chi connectivity index (χ3v) is 2.28. The normalized spacial score (nSPS) is 11.2. The molecule has 0 saturated heterocycles. The molecule has 0 radical (unpaired) electrons. The van der Waals surface area contributed by atoms with Crippen molar-refractivity contribution in [2.75, 3.05) is 0 Å². The summed E-state index contributed by atoms with van der Waals surface area (Å²) in [5, 5.41) is 0. The molecule has 2 nitrogen and oxygen atoms in total. The number of hydrogen-bond acceptors (Lipinski definition) is 2. The fraction of sp³-hybridized carbons (Fsp3) is 0.500. The quantitative estimate of drug-likeness (QED) is 0.569. The molecule has 2 heteroatoms. The summed E-state index contributed by atoms with van der Waals surface area (Å²) in [6.45, 7) is 6.53. The second kappa shape index (κ2) is 5.69. The molecule has 0 atom stereocenters. The molecule has 0 aromatic heterocycles. The third-order valence-electron chi connectivity index (χ3n) is 2.28. The van der Waals surface area contributed by atoms with Crippen LogP contribution in [0.2, 0.25) is 0 Å². The molecule has 1 aromatic rings. The number of hydrogen-bond donors (Lipinski definition) is 0.